The summed E-state index contributed by atoms with van der Waals surface area (Å²) >= 11 is 0. The van der Waals surface area contributed by atoms with Crippen molar-refractivity contribution < 1.29 is 0 Å². The molecule has 8 unspecified atom stereocenters. The monoisotopic (exact) mass is 452 g/mol. The fraction of sp³-hybridized carbons (Fsp3) is 0.903. The third kappa shape index (κ3) is 4.19. The molecule has 186 valence electrons. The summed E-state index contributed by atoms with van der Waals surface area (Å²) in [6.45, 7) is 15.8. The van der Waals surface area contributed by atoms with Gasteiger partial charge in [0.05, 0.1) is 6.07 Å². The van der Waals surface area contributed by atoms with Gasteiger partial charge in [0, 0.05) is 25.4 Å². The summed E-state index contributed by atoms with van der Waals surface area (Å²) in [4.78, 5) is 2.27. The lowest BCUT2D eigenvalue weighted by Gasteiger charge is -2.63. The summed E-state index contributed by atoms with van der Waals surface area (Å²) in [5.74, 6) is 5.47. The van der Waals surface area contributed by atoms with Crippen LogP contribution in [0.2, 0.25) is 0 Å². The Morgan fingerprint density at radius 2 is 1.79 bits per heavy atom. The van der Waals surface area contributed by atoms with Gasteiger partial charge in [-0.15, -0.1) is 0 Å². The molecule has 9 atom stereocenters. The molecule has 0 aromatic rings. The molecule has 0 amide bonds. The molecule has 0 bridgehead atoms. The van der Waals surface area contributed by atoms with E-state index < -0.39 is 0 Å². The van der Waals surface area contributed by atoms with E-state index in [-0.39, 0.29) is 0 Å². The van der Waals surface area contributed by atoms with Crippen LogP contribution in [-0.2, 0) is 0 Å². The zero-order valence-corrected chi connectivity index (χ0v) is 22.9. The average Bonchev–Trinajstić information content (AvgIpc) is 3.15. The average molecular weight is 453 g/mol. The maximum atomic E-state index is 9.16. The van der Waals surface area contributed by atoms with E-state index in [4.69, 9.17) is 5.26 Å². The van der Waals surface area contributed by atoms with Crippen LogP contribution in [-0.4, -0.2) is 18.5 Å². The number of fused-ring (bicyclic) bond motifs is 5. The highest BCUT2D eigenvalue weighted by Gasteiger charge is 2.62. The SMILES string of the molecule is CCC12CC[C@@](C)(CC)CC1CCC1C3CCC(C(C)CN(C)/C=C(\C)C#N)C3(C)CCC12. The number of nitriles is 1. The fourth-order valence-electron chi connectivity index (χ4n) is 10.3. The van der Waals surface area contributed by atoms with Gasteiger partial charge in [-0.25, -0.2) is 0 Å². The van der Waals surface area contributed by atoms with E-state index >= 15 is 0 Å². The highest BCUT2D eigenvalue weighted by atomic mass is 15.1. The van der Waals surface area contributed by atoms with Gasteiger partial charge < -0.3 is 4.90 Å². The van der Waals surface area contributed by atoms with E-state index in [2.05, 4.69) is 52.6 Å². The molecule has 4 fully saturated rings. The van der Waals surface area contributed by atoms with Crippen LogP contribution in [0, 0.1) is 63.1 Å². The second-order valence-electron chi connectivity index (χ2n) is 13.7. The van der Waals surface area contributed by atoms with Crippen LogP contribution in [0.3, 0.4) is 0 Å². The molecule has 0 aromatic heterocycles. The Hall–Kier alpha value is -0.970. The number of hydrogen-bond donors (Lipinski definition) is 0. The minimum absolute atomic E-state index is 0.532. The van der Waals surface area contributed by atoms with Crippen molar-refractivity contribution in [1.82, 2.24) is 4.90 Å². The van der Waals surface area contributed by atoms with Crippen molar-refractivity contribution in [3.63, 3.8) is 0 Å². The van der Waals surface area contributed by atoms with Crippen LogP contribution < -0.4 is 0 Å². The van der Waals surface area contributed by atoms with Crippen molar-refractivity contribution in [3.8, 4) is 6.07 Å². The third-order valence-corrected chi connectivity index (χ3v) is 12.2. The fourth-order valence-corrected chi connectivity index (χ4v) is 10.3. The Kier molecular flexibility index (Phi) is 7.04. The summed E-state index contributed by atoms with van der Waals surface area (Å²) in [6.07, 6.45) is 18.2. The van der Waals surface area contributed by atoms with Crippen molar-refractivity contribution in [2.45, 2.75) is 112 Å². The quantitative estimate of drug-likeness (QED) is 0.378. The Morgan fingerprint density at radius 3 is 2.45 bits per heavy atom. The molecule has 33 heavy (non-hydrogen) atoms. The third-order valence-electron chi connectivity index (χ3n) is 12.2. The number of hydrogen-bond acceptors (Lipinski definition) is 2. The second-order valence-corrected chi connectivity index (χ2v) is 13.7. The molecule has 0 radical (unpaired) electrons. The van der Waals surface area contributed by atoms with Gasteiger partial charge in [-0.05, 0) is 123 Å². The van der Waals surface area contributed by atoms with Crippen LogP contribution in [0.4, 0.5) is 0 Å². The summed E-state index contributed by atoms with van der Waals surface area (Å²) < 4.78 is 0. The van der Waals surface area contributed by atoms with Crippen molar-refractivity contribution in [1.29, 1.82) is 5.26 Å². The van der Waals surface area contributed by atoms with Crippen LogP contribution in [0.15, 0.2) is 11.8 Å². The normalized spacial score (nSPS) is 46.0. The van der Waals surface area contributed by atoms with Crippen LogP contribution in [0.1, 0.15) is 112 Å². The first-order valence-corrected chi connectivity index (χ1v) is 14.4. The molecule has 4 rings (SSSR count). The van der Waals surface area contributed by atoms with E-state index in [9.17, 15) is 0 Å². The maximum Gasteiger partial charge on any atom is 0.0959 e. The molecule has 4 aliphatic carbocycles. The molecule has 0 spiro atoms. The summed E-state index contributed by atoms with van der Waals surface area (Å²) in [6, 6.07) is 2.28. The molecule has 2 heteroatoms. The smallest absolute Gasteiger partial charge is 0.0959 e. The lowest BCUT2D eigenvalue weighted by Crippen LogP contribution is -2.55. The molecule has 0 heterocycles. The summed E-state index contributed by atoms with van der Waals surface area (Å²) in [7, 11) is 2.16. The predicted octanol–water partition coefficient (Wildman–Crippen LogP) is 8.45. The Balaban J connectivity index is 1.51. The first-order valence-electron chi connectivity index (χ1n) is 14.4. The Labute approximate surface area is 205 Å². The lowest BCUT2D eigenvalue weighted by atomic mass is 9.41. The zero-order valence-electron chi connectivity index (χ0n) is 22.9. The molecule has 0 saturated heterocycles. The van der Waals surface area contributed by atoms with E-state index in [0.29, 0.717) is 22.2 Å². The molecule has 0 N–H and O–H groups in total. The van der Waals surface area contributed by atoms with E-state index in [1.165, 1.54) is 70.6 Å². The lowest BCUT2D eigenvalue weighted by molar-refractivity contribution is -0.142. The molecule has 2 nitrogen and oxygen atoms in total. The molecule has 0 aromatic carbocycles. The molecule has 4 saturated carbocycles. The van der Waals surface area contributed by atoms with Gasteiger partial charge >= 0.3 is 0 Å². The number of allylic oxidation sites excluding steroid dienone is 1. The van der Waals surface area contributed by atoms with E-state index in [1.54, 1.807) is 0 Å². The highest BCUT2D eigenvalue weighted by Crippen LogP contribution is 2.70. The van der Waals surface area contributed by atoms with Crippen LogP contribution in [0.25, 0.3) is 0 Å². The van der Waals surface area contributed by atoms with Gasteiger partial charge in [0.2, 0.25) is 0 Å². The summed E-state index contributed by atoms with van der Waals surface area (Å²) in [5.41, 5.74) is 2.61. The van der Waals surface area contributed by atoms with Crippen molar-refractivity contribution in [2.24, 2.45) is 51.8 Å². The Morgan fingerprint density at radius 1 is 1.03 bits per heavy atom. The van der Waals surface area contributed by atoms with Gasteiger partial charge in [-0.3, -0.25) is 0 Å². The standard InChI is InChI=1S/C31H52N2/c1-8-29(5)16-17-31(9-2)24(18-29)10-11-25-27-13-12-26(30(27,6)15-14-28(25)31)23(4)21-33(7)20-22(3)19-32/h20,23-28H,8-18,21H2,1-7H3/b22-20+/t23?,24?,25?,26?,27?,28?,29-,30?,31?/m1/s1. The van der Waals surface area contributed by atoms with Crippen LogP contribution in [0.5, 0.6) is 0 Å². The molecule has 4 aliphatic rings. The molecular formula is C31H52N2. The zero-order chi connectivity index (χ0) is 24.0. The summed E-state index contributed by atoms with van der Waals surface area (Å²) in [5, 5.41) is 9.16. The van der Waals surface area contributed by atoms with Crippen molar-refractivity contribution >= 4 is 0 Å². The molecular weight excluding hydrogens is 400 g/mol. The van der Waals surface area contributed by atoms with Gasteiger partial charge in [0.1, 0.15) is 0 Å². The largest absolute Gasteiger partial charge is 0.379 e. The first kappa shape index (κ1) is 25.1. The Bertz CT molecular complexity index is 778. The van der Waals surface area contributed by atoms with Gasteiger partial charge in [0.25, 0.3) is 0 Å². The minimum Gasteiger partial charge on any atom is -0.379 e. The maximum absolute atomic E-state index is 9.16. The van der Waals surface area contributed by atoms with Gasteiger partial charge in [-0.1, -0.05) is 41.0 Å². The van der Waals surface area contributed by atoms with Crippen molar-refractivity contribution in [3.05, 3.63) is 11.8 Å². The van der Waals surface area contributed by atoms with E-state index in [0.717, 1.165) is 41.7 Å². The topological polar surface area (TPSA) is 27.0 Å². The molecule has 0 aliphatic heterocycles. The van der Waals surface area contributed by atoms with Gasteiger partial charge in [-0.2, -0.15) is 5.26 Å². The van der Waals surface area contributed by atoms with Crippen molar-refractivity contribution in [2.75, 3.05) is 13.6 Å². The van der Waals surface area contributed by atoms with Crippen LogP contribution >= 0.6 is 0 Å². The second kappa shape index (κ2) is 9.24. The first-order chi connectivity index (χ1) is 15.6. The minimum atomic E-state index is 0.532. The van der Waals surface area contributed by atoms with E-state index in [1.807, 2.05) is 13.1 Å². The highest BCUT2D eigenvalue weighted by molar-refractivity contribution is 5.16. The van der Waals surface area contributed by atoms with Gasteiger partial charge in [0.15, 0.2) is 0 Å². The number of nitrogens with zero attached hydrogens (tertiary/aromatic N) is 2. The predicted molar refractivity (Wildman–Crippen MR) is 139 cm³/mol. The number of rotatable bonds is 6.